The minimum Gasteiger partial charge on any atom is -0.507 e. The van der Waals surface area contributed by atoms with Gasteiger partial charge in [0.25, 0.3) is 0 Å². The molecule has 0 saturated heterocycles. The van der Waals surface area contributed by atoms with Gasteiger partial charge in [0.05, 0.1) is 0 Å². The van der Waals surface area contributed by atoms with Crippen LogP contribution in [0.15, 0.2) is 72.8 Å². The fourth-order valence-electron chi connectivity index (χ4n) is 2.80. The lowest BCUT2D eigenvalue weighted by Crippen LogP contribution is -2.36. The highest BCUT2D eigenvalue weighted by Gasteiger charge is 2.13. The van der Waals surface area contributed by atoms with Crippen molar-refractivity contribution in [2.75, 3.05) is 0 Å². The quantitative estimate of drug-likeness (QED) is 0.651. The standard InChI is InChI=1S/C23H26NOP/c1-23(2,3)24-16-18-12-7-8-14-20(18)26-21-15-9-13-19(22(21)25)17-10-5-4-6-11-17/h4-15,24-26H,16H2,1-3H3. The number of aromatic hydroxyl groups is 1. The van der Waals surface area contributed by atoms with E-state index in [-0.39, 0.29) is 5.54 Å². The normalized spacial score (nSPS) is 12.0. The fourth-order valence-corrected chi connectivity index (χ4v) is 4.03. The first-order valence-electron chi connectivity index (χ1n) is 8.91. The van der Waals surface area contributed by atoms with Crippen LogP contribution >= 0.6 is 8.58 Å². The van der Waals surface area contributed by atoms with Gasteiger partial charge in [-0.1, -0.05) is 81.4 Å². The number of phenols is 1. The van der Waals surface area contributed by atoms with Crippen molar-refractivity contribution in [3.8, 4) is 16.9 Å². The van der Waals surface area contributed by atoms with E-state index in [4.69, 9.17) is 0 Å². The van der Waals surface area contributed by atoms with Gasteiger partial charge in [0.2, 0.25) is 0 Å². The van der Waals surface area contributed by atoms with Gasteiger partial charge in [-0.3, -0.25) is 0 Å². The second kappa shape index (κ2) is 8.03. The molecule has 2 nitrogen and oxygen atoms in total. The van der Waals surface area contributed by atoms with Crippen LogP contribution in [0.5, 0.6) is 5.75 Å². The smallest absolute Gasteiger partial charge is 0.131 e. The Morgan fingerprint density at radius 3 is 2.19 bits per heavy atom. The highest BCUT2D eigenvalue weighted by atomic mass is 31.1. The molecular formula is C23H26NOP. The van der Waals surface area contributed by atoms with Crippen molar-refractivity contribution in [2.45, 2.75) is 32.9 Å². The van der Waals surface area contributed by atoms with Crippen molar-refractivity contribution in [1.29, 1.82) is 0 Å². The van der Waals surface area contributed by atoms with Crippen LogP contribution in [-0.2, 0) is 6.54 Å². The van der Waals surface area contributed by atoms with Gasteiger partial charge in [-0.2, -0.15) is 0 Å². The van der Waals surface area contributed by atoms with E-state index in [0.717, 1.165) is 23.0 Å². The molecule has 0 amide bonds. The molecule has 3 aromatic carbocycles. The Labute approximate surface area is 158 Å². The van der Waals surface area contributed by atoms with E-state index < -0.39 is 0 Å². The summed E-state index contributed by atoms with van der Waals surface area (Å²) >= 11 is 0. The summed E-state index contributed by atoms with van der Waals surface area (Å²) in [5.74, 6) is 0.385. The molecule has 0 aliphatic rings. The van der Waals surface area contributed by atoms with Crippen LogP contribution in [0.1, 0.15) is 26.3 Å². The largest absolute Gasteiger partial charge is 0.507 e. The molecule has 26 heavy (non-hydrogen) atoms. The van der Waals surface area contributed by atoms with E-state index in [1.165, 1.54) is 10.9 Å². The molecule has 0 radical (unpaired) electrons. The van der Waals surface area contributed by atoms with E-state index >= 15 is 0 Å². The Morgan fingerprint density at radius 1 is 0.808 bits per heavy atom. The van der Waals surface area contributed by atoms with Crippen molar-refractivity contribution < 1.29 is 5.11 Å². The van der Waals surface area contributed by atoms with Gasteiger partial charge in [0, 0.05) is 23.0 Å². The monoisotopic (exact) mass is 363 g/mol. The molecule has 0 aliphatic carbocycles. The second-order valence-corrected chi connectivity index (χ2v) is 8.78. The zero-order chi connectivity index (χ0) is 18.6. The summed E-state index contributed by atoms with van der Waals surface area (Å²) in [6, 6.07) is 24.5. The Bertz CT molecular complexity index is 869. The molecule has 0 aliphatic heterocycles. The zero-order valence-electron chi connectivity index (χ0n) is 15.6. The highest BCUT2D eigenvalue weighted by molar-refractivity contribution is 7.55. The van der Waals surface area contributed by atoms with Crippen molar-refractivity contribution in [3.05, 3.63) is 78.4 Å². The third-order valence-electron chi connectivity index (χ3n) is 4.22. The number of hydrogen-bond acceptors (Lipinski definition) is 2. The summed E-state index contributed by atoms with van der Waals surface area (Å²) < 4.78 is 0. The third-order valence-corrected chi connectivity index (χ3v) is 5.65. The summed E-state index contributed by atoms with van der Waals surface area (Å²) in [6.07, 6.45) is 0. The summed E-state index contributed by atoms with van der Waals surface area (Å²) in [5.41, 5.74) is 3.29. The van der Waals surface area contributed by atoms with Gasteiger partial charge < -0.3 is 10.4 Å². The second-order valence-electron chi connectivity index (χ2n) is 7.45. The summed E-state index contributed by atoms with van der Waals surface area (Å²) in [5, 5.41) is 16.7. The van der Waals surface area contributed by atoms with Crippen LogP contribution in [0.3, 0.4) is 0 Å². The average molecular weight is 363 g/mol. The van der Waals surface area contributed by atoms with E-state index in [2.05, 4.69) is 50.4 Å². The Balaban J connectivity index is 1.88. The molecule has 1 atom stereocenters. The zero-order valence-corrected chi connectivity index (χ0v) is 16.6. The van der Waals surface area contributed by atoms with Crippen LogP contribution in [0, 0.1) is 0 Å². The Hall–Kier alpha value is -2.15. The molecular weight excluding hydrogens is 337 g/mol. The first kappa shape index (κ1) is 18.6. The molecule has 0 heterocycles. The lowest BCUT2D eigenvalue weighted by Gasteiger charge is -2.22. The Kier molecular flexibility index (Phi) is 5.76. The molecule has 3 aromatic rings. The molecule has 0 saturated carbocycles. The molecule has 1 unspecified atom stereocenters. The topological polar surface area (TPSA) is 32.3 Å². The number of phenolic OH excluding ortho intramolecular Hbond substituents is 1. The molecule has 0 bridgehead atoms. The first-order chi connectivity index (χ1) is 12.4. The fraction of sp³-hybridized carbons (Fsp3) is 0.217. The number of para-hydroxylation sites is 1. The van der Waals surface area contributed by atoms with Crippen LogP contribution in [-0.4, -0.2) is 10.6 Å². The van der Waals surface area contributed by atoms with E-state index in [1.54, 1.807) is 0 Å². The predicted octanol–water partition coefficient (Wildman–Crippen LogP) is 4.58. The van der Waals surface area contributed by atoms with E-state index in [9.17, 15) is 5.11 Å². The molecule has 3 rings (SSSR count). The summed E-state index contributed by atoms with van der Waals surface area (Å²) in [6.45, 7) is 7.35. The van der Waals surface area contributed by atoms with Gasteiger partial charge >= 0.3 is 0 Å². The molecule has 134 valence electrons. The Morgan fingerprint density at radius 2 is 1.46 bits per heavy atom. The lowest BCUT2D eigenvalue weighted by atomic mass is 10.1. The minimum absolute atomic E-state index is 0.0750. The predicted molar refractivity (Wildman–Crippen MR) is 114 cm³/mol. The van der Waals surface area contributed by atoms with Crippen LogP contribution in [0.2, 0.25) is 0 Å². The third kappa shape index (κ3) is 4.72. The number of nitrogens with one attached hydrogen (secondary N) is 1. The number of benzene rings is 3. The average Bonchev–Trinajstić information content (AvgIpc) is 2.63. The van der Waals surface area contributed by atoms with Crippen molar-refractivity contribution in [2.24, 2.45) is 0 Å². The minimum atomic E-state index is 0.0750. The van der Waals surface area contributed by atoms with E-state index in [1.807, 2.05) is 48.5 Å². The van der Waals surface area contributed by atoms with Crippen LogP contribution in [0.25, 0.3) is 11.1 Å². The SMILES string of the molecule is CC(C)(C)NCc1ccccc1Pc1cccc(-c2ccccc2)c1O. The summed E-state index contributed by atoms with van der Waals surface area (Å²) in [7, 11) is 0.419. The molecule has 2 N–H and O–H groups in total. The van der Waals surface area contributed by atoms with Gasteiger partial charge in [-0.05, 0) is 37.2 Å². The van der Waals surface area contributed by atoms with Crippen LogP contribution in [0.4, 0.5) is 0 Å². The van der Waals surface area contributed by atoms with Gasteiger partial charge in [-0.15, -0.1) is 0 Å². The first-order valence-corrected chi connectivity index (χ1v) is 9.91. The lowest BCUT2D eigenvalue weighted by molar-refractivity contribution is 0.425. The molecule has 0 aromatic heterocycles. The van der Waals surface area contributed by atoms with Gasteiger partial charge in [0.15, 0.2) is 0 Å². The van der Waals surface area contributed by atoms with Crippen LogP contribution < -0.4 is 15.9 Å². The maximum Gasteiger partial charge on any atom is 0.131 e. The van der Waals surface area contributed by atoms with Gasteiger partial charge in [-0.25, -0.2) is 0 Å². The molecule has 3 heteroatoms. The number of rotatable bonds is 5. The van der Waals surface area contributed by atoms with Gasteiger partial charge in [0.1, 0.15) is 5.75 Å². The van der Waals surface area contributed by atoms with Crippen molar-refractivity contribution in [3.63, 3.8) is 0 Å². The van der Waals surface area contributed by atoms with Crippen molar-refractivity contribution >= 4 is 19.2 Å². The maximum absolute atomic E-state index is 10.8. The maximum atomic E-state index is 10.8. The van der Waals surface area contributed by atoms with E-state index in [0.29, 0.717) is 14.3 Å². The molecule has 0 spiro atoms. The highest BCUT2D eigenvalue weighted by Crippen LogP contribution is 2.31. The summed E-state index contributed by atoms with van der Waals surface area (Å²) in [4.78, 5) is 0. The van der Waals surface area contributed by atoms with Crippen molar-refractivity contribution in [1.82, 2.24) is 5.32 Å². The number of hydrogen-bond donors (Lipinski definition) is 2. The molecule has 0 fully saturated rings.